The number of primary amides is 1. The van der Waals surface area contributed by atoms with Crippen molar-refractivity contribution in [3.05, 3.63) is 46.6 Å². The number of amides is 2. The van der Waals surface area contributed by atoms with Gasteiger partial charge in [-0.25, -0.2) is 13.4 Å². The molecule has 0 unspecified atom stereocenters. The highest BCUT2D eigenvalue weighted by Crippen LogP contribution is 2.28. The SMILES string of the molecule is COc1ccc(S(=O)(=O)N2CCC(C(=O)Nc3ccc(Br)cn3)CC2)cc1C(N)=O. The molecule has 1 aromatic heterocycles. The standard InChI is InChI=1S/C19H21BrN4O5S/c1-29-16-4-3-14(10-15(16)18(21)25)30(27,28)24-8-6-12(7-9-24)19(26)23-17-5-2-13(20)11-22-17/h2-5,10-12H,6-9H2,1H3,(H2,21,25)(H,22,23,26). The van der Waals surface area contributed by atoms with Gasteiger partial charge in [0.15, 0.2) is 0 Å². The third kappa shape index (κ3) is 4.79. The van der Waals surface area contributed by atoms with Crippen LogP contribution >= 0.6 is 15.9 Å². The first-order chi connectivity index (χ1) is 14.2. The summed E-state index contributed by atoms with van der Waals surface area (Å²) in [7, 11) is -2.46. The Balaban J connectivity index is 1.68. The molecule has 2 aromatic rings. The van der Waals surface area contributed by atoms with Crippen LogP contribution in [-0.4, -0.2) is 49.7 Å². The van der Waals surface area contributed by atoms with E-state index in [-0.39, 0.29) is 41.1 Å². The normalized spacial score (nSPS) is 15.5. The largest absolute Gasteiger partial charge is 0.496 e. The zero-order valence-corrected chi connectivity index (χ0v) is 18.6. The maximum absolute atomic E-state index is 13.0. The summed E-state index contributed by atoms with van der Waals surface area (Å²) in [5.41, 5.74) is 5.32. The molecule has 2 heterocycles. The molecule has 2 amide bonds. The van der Waals surface area contributed by atoms with Gasteiger partial charge in [-0.1, -0.05) is 0 Å². The number of nitrogens with zero attached hydrogens (tertiary/aromatic N) is 2. The highest BCUT2D eigenvalue weighted by Gasteiger charge is 2.32. The molecular weight excluding hydrogens is 476 g/mol. The zero-order chi connectivity index (χ0) is 21.9. The van der Waals surface area contributed by atoms with Gasteiger partial charge in [0.25, 0.3) is 5.91 Å². The number of nitrogens with two attached hydrogens (primary N) is 1. The van der Waals surface area contributed by atoms with E-state index >= 15 is 0 Å². The van der Waals surface area contributed by atoms with E-state index in [1.165, 1.54) is 29.6 Å². The summed E-state index contributed by atoms with van der Waals surface area (Å²) < 4.78 is 33.1. The molecule has 0 radical (unpaired) electrons. The van der Waals surface area contributed by atoms with Crippen LogP contribution in [0.4, 0.5) is 5.82 Å². The second-order valence-corrected chi connectivity index (χ2v) is 9.61. The van der Waals surface area contributed by atoms with Crippen LogP contribution in [0.3, 0.4) is 0 Å². The highest BCUT2D eigenvalue weighted by atomic mass is 79.9. The van der Waals surface area contributed by atoms with E-state index in [0.717, 1.165) is 4.47 Å². The first-order valence-corrected chi connectivity index (χ1v) is 11.4. The van der Waals surface area contributed by atoms with Crippen molar-refractivity contribution in [2.45, 2.75) is 17.7 Å². The predicted molar refractivity (Wildman–Crippen MR) is 114 cm³/mol. The van der Waals surface area contributed by atoms with Crippen LogP contribution in [0, 0.1) is 5.92 Å². The van der Waals surface area contributed by atoms with E-state index in [1.807, 2.05) is 0 Å². The minimum Gasteiger partial charge on any atom is -0.496 e. The molecule has 3 rings (SSSR count). The maximum atomic E-state index is 13.0. The van der Waals surface area contributed by atoms with E-state index in [0.29, 0.717) is 18.7 Å². The van der Waals surface area contributed by atoms with Gasteiger partial charge < -0.3 is 15.8 Å². The summed E-state index contributed by atoms with van der Waals surface area (Å²) in [6, 6.07) is 7.44. The Kier molecular flexibility index (Phi) is 6.74. The van der Waals surface area contributed by atoms with Crippen LogP contribution in [-0.2, 0) is 14.8 Å². The number of aromatic nitrogens is 1. The van der Waals surface area contributed by atoms with Crippen molar-refractivity contribution in [1.29, 1.82) is 0 Å². The fourth-order valence-electron chi connectivity index (χ4n) is 3.23. The highest BCUT2D eigenvalue weighted by molar-refractivity contribution is 9.10. The molecule has 1 saturated heterocycles. The molecule has 0 saturated carbocycles. The second-order valence-electron chi connectivity index (χ2n) is 6.76. The fourth-order valence-corrected chi connectivity index (χ4v) is 4.96. The summed E-state index contributed by atoms with van der Waals surface area (Å²) >= 11 is 3.28. The minimum atomic E-state index is -3.84. The van der Waals surface area contributed by atoms with E-state index in [1.54, 1.807) is 18.3 Å². The number of methoxy groups -OCH3 is 1. The lowest BCUT2D eigenvalue weighted by atomic mass is 9.97. The molecule has 3 N–H and O–H groups in total. The summed E-state index contributed by atoms with van der Waals surface area (Å²) in [4.78, 5) is 28.1. The molecule has 1 aromatic carbocycles. The van der Waals surface area contributed by atoms with Gasteiger partial charge in [0.1, 0.15) is 11.6 Å². The van der Waals surface area contributed by atoms with Gasteiger partial charge in [0, 0.05) is 29.7 Å². The fraction of sp³-hybridized carbons (Fsp3) is 0.316. The zero-order valence-electron chi connectivity index (χ0n) is 16.2. The number of pyridine rings is 1. The van der Waals surface area contributed by atoms with Gasteiger partial charge in [-0.3, -0.25) is 9.59 Å². The van der Waals surface area contributed by atoms with Crippen LogP contribution in [0.1, 0.15) is 23.2 Å². The van der Waals surface area contributed by atoms with Crippen LogP contribution in [0.5, 0.6) is 5.75 Å². The van der Waals surface area contributed by atoms with E-state index < -0.39 is 15.9 Å². The lowest BCUT2D eigenvalue weighted by Gasteiger charge is -2.30. The van der Waals surface area contributed by atoms with Crippen molar-refractivity contribution in [2.75, 3.05) is 25.5 Å². The minimum absolute atomic E-state index is 0.00478. The van der Waals surface area contributed by atoms with Crippen LogP contribution in [0.25, 0.3) is 0 Å². The molecule has 1 aliphatic rings. The number of sulfonamides is 1. The molecule has 30 heavy (non-hydrogen) atoms. The van der Waals surface area contributed by atoms with Crippen LogP contribution in [0.2, 0.25) is 0 Å². The van der Waals surface area contributed by atoms with Crippen molar-refractivity contribution >= 4 is 43.6 Å². The molecule has 160 valence electrons. The average molecular weight is 497 g/mol. The van der Waals surface area contributed by atoms with Gasteiger partial charge in [-0.2, -0.15) is 4.31 Å². The number of hydrogen-bond acceptors (Lipinski definition) is 6. The summed E-state index contributed by atoms with van der Waals surface area (Å²) in [6.07, 6.45) is 2.33. The Hall–Kier alpha value is -2.50. The maximum Gasteiger partial charge on any atom is 0.252 e. The van der Waals surface area contributed by atoms with E-state index in [4.69, 9.17) is 10.5 Å². The molecular formula is C19H21BrN4O5S. The van der Waals surface area contributed by atoms with Crippen molar-refractivity contribution in [3.8, 4) is 5.75 Å². The molecule has 1 fully saturated rings. The van der Waals surface area contributed by atoms with Gasteiger partial charge >= 0.3 is 0 Å². The summed E-state index contributed by atoms with van der Waals surface area (Å²) in [5.74, 6) is -0.643. The topological polar surface area (TPSA) is 132 Å². The molecule has 0 bridgehead atoms. The van der Waals surface area contributed by atoms with Crippen molar-refractivity contribution in [3.63, 3.8) is 0 Å². The molecule has 0 aliphatic carbocycles. The lowest BCUT2D eigenvalue weighted by molar-refractivity contribution is -0.120. The Morgan fingerprint density at radius 1 is 1.23 bits per heavy atom. The summed E-state index contributed by atoms with van der Waals surface area (Å²) in [5, 5.41) is 2.75. The first kappa shape index (κ1) is 22.2. The van der Waals surface area contributed by atoms with Crippen molar-refractivity contribution in [2.24, 2.45) is 11.7 Å². The number of ether oxygens (including phenoxy) is 1. The van der Waals surface area contributed by atoms with Gasteiger partial charge in [0.2, 0.25) is 15.9 Å². The molecule has 0 spiro atoms. The monoisotopic (exact) mass is 496 g/mol. The number of carbonyl (C=O) groups excluding carboxylic acids is 2. The van der Waals surface area contributed by atoms with Gasteiger partial charge in [0.05, 0.1) is 17.6 Å². The third-order valence-electron chi connectivity index (χ3n) is 4.88. The Morgan fingerprint density at radius 2 is 1.93 bits per heavy atom. The second kappa shape index (κ2) is 9.11. The number of nitrogens with one attached hydrogen (secondary N) is 1. The number of anilines is 1. The molecule has 11 heteroatoms. The number of rotatable bonds is 6. The van der Waals surface area contributed by atoms with Gasteiger partial charge in [-0.15, -0.1) is 0 Å². The molecule has 9 nitrogen and oxygen atoms in total. The molecule has 0 atom stereocenters. The quantitative estimate of drug-likeness (QED) is 0.628. The molecule has 1 aliphatic heterocycles. The van der Waals surface area contributed by atoms with E-state index in [2.05, 4.69) is 26.2 Å². The number of piperidine rings is 1. The van der Waals surface area contributed by atoms with Gasteiger partial charge in [-0.05, 0) is 59.1 Å². The van der Waals surface area contributed by atoms with Crippen LogP contribution in [0.15, 0.2) is 45.9 Å². The van der Waals surface area contributed by atoms with Crippen molar-refractivity contribution < 1.29 is 22.7 Å². The number of benzene rings is 1. The smallest absolute Gasteiger partial charge is 0.252 e. The number of hydrogen-bond donors (Lipinski definition) is 2. The van der Waals surface area contributed by atoms with E-state index in [9.17, 15) is 18.0 Å². The summed E-state index contributed by atoms with van der Waals surface area (Å²) in [6.45, 7) is 0.373. The average Bonchev–Trinajstić information content (AvgIpc) is 2.74. The Morgan fingerprint density at radius 3 is 2.50 bits per heavy atom. The van der Waals surface area contributed by atoms with Crippen LogP contribution < -0.4 is 15.8 Å². The Bertz CT molecular complexity index is 1050. The van der Waals surface area contributed by atoms with Crippen molar-refractivity contribution in [1.82, 2.24) is 9.29 Å². The lowest BCUT2D eigenvalue weighted by Crippen LogP contribution is -2.41. The first-order valence-electron chi connectivity index (χ1n) is 9.13. The Labute approximate surface area is 182 Å². The number of carbonyl (C=O) groups is 2. The third-order valence-corrected chi connectivity index (χ3v) is 7.24. The predicted octanol–water partition coefficient (Wildman–Crippen LogP) is 1.99. The number of halogens is 1.